The Morgan fingerprint density at radius 3 is 3.00 bits per heavy atom. The van der Waals surface area contributed by atoms with Gasteiger partial charge in [0, 0.05) is 42.2 Å². The molecule has 0 spiro atoms. The minimum Gasteiger partial charge on any atom is -0.395 e. The van der Waals surface area contributed by atoms with Crippen LogP contribution in [0.25, 0.3) is 28.5 Å². The Bertz CT molecular complexity index is 987. The Balaban J connectivity index is 2.07. The number of carbonyl (C=O) groups is 1. The van der Waals surface area contributed by atoms with Gasteiger partial charge in [0.15, 0.2) is 5.65 Å². The van der Waals surface area contributed by atoms with Gasteiger partial charge in [-0.05, 0) is 12.1 Å². The topological polar surface area (TPSA) is 127 Å². The van der Waals surface area contributed by atoms with E-state index in [9.17, 15) is 9.59 Å². The summed E-state index contributed by atoms with van der Waals surface area (Å²) < 4.78 is 1.41. The van der Waals surface area contributed by atoms with Gasteiger partial charge in [-0.2, -0.15) is 0 Å². The number of pyridine rings is 1. The average molecular weight is 325 g/mol. The third kappa shape index (κ3) is 3.08. The predicted octanol–water partition coefficient (Wildman–Crippen LogP) is 0.277. The maximum atomic E-state index is 11.7. The second-order valence-electron chi connectivity index (χ2n) is 5.11. The zero-order valence-corrected chi connectivity index (χ0v) is 12.6. The zero-order chi connectivity index (χ0) is 17.1. The molecule has 0 saturated carbocycles. The molecule has 3 aromatic rings. The molecule has 0 bridgehead atoms. The van der Waals surface area contributed by atoms with Crippen LogP contribution < -0.4 is 11.3 Å². The molecule has 0 radical (unpaired) electrons. The largest absolute Gasteiger partial charge is 0.395 e. The molecule has 24 heavy (non-hydrogen) atoms. The van der Waals surface area contributed by atoms with Crippen molar-refractivity contribution in [2.24, 2.45) is 5.73 Å². The number of amides is 1. The first-order valence-corrected chi connectivity index (χ1v) is 7.22. The molecule has 0 aliphatic rings. The van der Waals surface area contributed by atoms with Gasteiger partial charge in [-0.15, -0.1) is 0 Å². The van der Waals surface area contributed by atoms with E-state index in [0.717, 1.165) is 0 Å². The lowest BCUT2D eigenvalue weighted by atomic mass is 10.2. The van der Waals surface area contributed by atoms with E-state index in [4.69, 9.17) is 10.8 Å². The van der Waals surface area contributed by atoms with Gasteiger partial charge in [0.05, 0.1) is 18.5 Å². The quantitative estimate of drug-likeness (QED) is 0.581. The van der Waals surface area contributed by atoms with Crippen LogP contribution >= 0.6 is 0 Å². The lowest BCUT2D eigenvalue weighted by Crippen LogP contribution is -2.20. The molecule has 1 amide bonds. The lowest BCUT2D eigenvalue weighted by Gasteiger charge is -2.06. The molecular weight excluding hydrogens is 310 g/mol. The first-order valence-electron chi connectivity index (χ1n) is 7.22. The van der Waals surface area contributed by atoms with Gasteiger partial charge >= 0.3 is 0 Å². The first-order chi connectivity index (χ1) is 11.6. The van der Waals surface area contributed by atoms with E-state index in [1.54, 1.807) is 30.7 Å². The highest BCUT2D eigenvalue weighted by Gasteiger charge is 2.08. The van der Waals surface area contributed by atoms with E-state index < -0.39 is 5.91 Å². The van der Waals surface area contributed by atoms with Crippen molar-refractivity contribution >= 4 is 23.1 Å². The molecule has 122 valence electrons. The molecule has 0 unspecified atom stereocenters. The summed E-state index contributed by atoms with van der Waals surface area (Å²) >= 11 is 0. The molecule has 8 nitrogen and oxygen atoms in total. The van der Waals surface area contributed by atoms with E-state index in [1.807, 2.05) is 0 Å². The minimum absolute atomic E-state index is 0.131. The fraction of sp³-hybridized carbons (Fsp3) is 0.125. The Hall–Kier alpha value is -3.26. The summed E-state index contributed by atoms with van der Waals surface area (Å²) in [6.07, 6.45) is 7.70. The normalized spacial score (nSPS) is 11.4. The number of aromatic nitrogens is 4. The van der Waals surface area contributed by atoms with Crippen molar-refractivity contribution in [2.45, 2.75) is 6.54 Å². The second kappa shape index (κ2) is 6.47. The SMILES string of the molecule is NC(=O)/C=C/c1c[nH]c2ncc(-c3ccc(=O)n(CCO)c3)nc12. The van der Waals surface area contributed by atoms with Crippen molar-refractivity contribution in [3.05, 3.63) is 52.7 Å². The Labute approximate surface area is 136 Å². The van der Waals surface area contributed by atoms with Crippen LogP contribution in [0.2, 0.25) is 0 Å². The minimum atomic E-state index is -0.551. The first kappa shape index (κ1) is 15.6. The van der Waals surface area contributed by atoms with Crippen LogP contribution in [0, 0.1) is 0 Å². The van der Waals surface area contributed by atoms with E-state index in [2.05, 4.69) is 15.0 Å². The fourth-order valence-corrected chi connectivity index (χ4v) is 2.31. The number of hydrogen-bond donors (Lipinski definition) is 3. The number of aromatic amines is 1. The summed E-state index contributed by atoms with van der Waals surface area (Å²) in [6, 6.07) is 3.07. The Kier molecular flexibility index (Phi) is 4.21. The molecule has 4 N–H and O–H groups in total. The highest BCUT2D eigenvalue weighted by atomic mass is 16.3. The van der Waals surface area contributed by atoms with Gasteiger partial charge in [-0.25, -0.2) is 9.97 Å². The number of aliphatic hydroxyl groups is 1. The molecule has 3 heterocycles. The molecule has 3 rings (SSSR count). The van der Waals surface area contributed by atoms with Gasteiger partial charge in [0.1, 0.15) is 5.52 Å². The third-order valence-corrected chi connectivity index (χ3v) is 3.46. The number of fused-ring (bicyclic) bond motifs is 1. The highest BCUT2D eigenvalue weighted by molar-refractivity contribution is 5.93. The van der Waals surface area contributed by atoms with Crippen molar-refractivity contribution in [3.8, 4) is 11.3 Å². The van der Waals surface area contributed by atoms with Crippen molar-refractivity contribution in [1.82, 2.24) is 19.5 Å². The van der Waals surface area contributed by atoms with Gasteiger partial charge in [0.25, 0.3) is 5.56 Å². The molecule has 0 saturated heterocycles. The average Bonchev–Trinajstić information content (AvgIpc) is 2.97. The summed E-state index contributed by atoms with van der Waals surface area (Å²) in [5, 5.41) is 9.02. The maximum Gasteiger partial charge on any atom is 0.250 e. The lowest BCUT2D eigenvalue weighted by molar-refractivity contribution is -0.113. The number of H-pyrrole nitrogens is 1. The van der Waals surface area contributed by atoms with Gasteiger partial charge in [-0.3, -0.25) is 9.59 Å². The second-order valence-corrected chi connectivity index (χ2v) is 5.11. The summed E-state index contributed by atoms with van der Waals surface area (Å²) in [6.45, 7) is 0.0764. The summed E-state index contributed by atoms with van der Waals surface area (Å²) in [7, 11) is 0. The molecule has 0 aliphatic heterocycles. The number of nitrogens with one attached hydrogen (secondary N) is 1. The van der Waals surface area contributed by atoms with Crippen LogP contribution in [-0.2, 0) is 11.3 Å². The molecule has 0 aromatic carbocycles. The van der Waals surface area contributed by atoms with Crippen LogP contribution in [0.3, 0.4) is 0 Å². The maximum absolute atomic E-state index is 11.7. The van der Waals surface area contributed by atoms with Crippen LogP contribution in [-0.4, -0.2) is 37.1 Å². The fourth-order valence-electron chi connectivity index (χ4n) is 2.31. The molecule has 0 atom stereocenters. The third-order valence-electron chi connectivity index (χ3n) is 3.46. The monoisotopic (exact) mass is 325 g/mol. The van der Waals surface area contributed by atoms with Crippen LogP contribution in [0.5, 0.6) is 0 Å². The molecule has 3 aromatic heterocycles. The van der Waals surface area contributed by atoms with Gasteiger partial charge < -0.3 is 20.4 Å². The standard InChI is InChI=1S/C16H15N5O3/c17-13(23)3-1-10-7-18-16-15(10)20-12(8-19-16)11-2-4-14(24)21(9-11)5-6-22/h1-4,7-9,22H,5-6H2,(H2,17,23)(H,18,19)/b3-1+. The number of rotatable bonds is 5. The van der Waals surface area contributed by atoms with Gasteiger partial charge in [-0.1, -0.05) is 0 Å². The number of primary amides is 1. The highest BCUT2D eigenvalue weighted by Crippen LogP contribution is 2.21. The van der Waals surface area contributed by atoms with Crippen molar-refractivity contribution in [3.63, 3.8) is 0 Å². The Morgan fingerprint density at radius 2 is 2.25 bits per heavy atom. The summed E-state index contributed by atoms with van der Waals surface area (Å²) in [5.41, 5.74) is 8.02. The molecule has 0 aliphatic carbocycles. The molecule has 8 heteroatoms. The molecular formula is C16H15N5O3. The van der Waals surface area contributed by atoms with Crippen molar-refractivity contribution in [1.29, 1.82) is 0 Å². The number of nitrogens with two attached hydrogens (primary N) is 1. The van der Waals surface area contributed by atoms with Crippen molar-refractivity contribution in [2.75, 3.05) is 6.61 Å². The van der Waals surface area contributed by atoms with Crippen LogP contribution in [0.15, 0.2) is 41.6 Å². The number of nitrogens with zero attached hydrogens (tertiary/aromatic N) is 3. The van der Waals surface area contributed by atoms with E-state index in [0.29, 0.717) is 28.0 Å². The zero-order valence-electron chi connectivity index (χ0n) is 12.6. The summed E-state index contributed by atoms with van der Waals surface area (Å²) in [4.78, 5) is 34.4. The van der Waals surface area contributed by atoms with E-state index >= 15 is 0 Å². The Morgan fingerprint density at radius 1 is 1.42 bits per heavy atom. The smallest absolute Gasteiger partial charge is 0.250 e. The number of aliphatic hydroxyl groups excluding tert-OH is 1. The van der Waals surface area contributed by atoms with Crippen LogP contribution in [0.1, 0.15) is 5.56 Å². The van der Waals surface area contributed by atoms with Gasteiger partial charge in [0.2, 0.25) is 5.91 Å². The van der Waals surface area contributed by atoms with Crippen LogP contribution in [0.4, 0.5) is 0 Å². The molecule has 0 fully saturated rings. The predicted molar refractivity (Wildman–Crippen MR) is 88.9 cm³/mol. The van der Waals surface area contributed by atoms with Crippen molar-refractivity contribution < 1.29 is 9.90 Å². The van der Waals surface area contributed by atoms with E-state index in [-0.39, 0.29) is 18.7 Å². The number of carbonyl (C=O) groups excluding carboxylic acids is 1. The summed E-state index contributed by atoms with van der Waals surface area (Å²) in [5.74, 6) is -0.551. The van der Waals surface area contributed by atoms with E-state index in [1.165, 1.54) is 16.7 Å². The number of hydrogen-bond acceptors (Lipinski definition) is 5.